The van der Waals surface area contributed by atoms with Gasteiger partial charge >= 0.3 is 12.1 Å². The Kier molecular flexibility index (Phi) is 4.61. The van der Waals surface area contributed by atoms with Gasteiger partial charge in [0.2, 0.25) is 0 Å². The summed E-state index contributed by atoms with van der Waals surface area (Å²) in [4.78, 5) is 24.1. The number of carboxylic acid groups (broad SMARTS) is 1. The molecule has 2 aliphatic rings. The van der Waals surface area contributed by atoms with Gasteiger partial charge < -0.3 is 14.5 Å². The van der Waals surface area contributed by atoms with E-state index in [4.69, 9.17) is 9.63 Å². The number of carbonyl (C=O) groups excluding carboxylic acids is 1. The van der Waals surface area contributed by atoms with Crippen LogP contribution in [0.3, 0.4) is 0 Å². The summed E-state index contributed by atoms with van der Waals surface area (Å²) in [6.07, 6.45) is -2.80. The second kappa shape index (κ2) is 6.03. The van der Waals surface area contributed by atoms with Gasteiger partial charge in [-0.05, 0) is 12.8 Å². The van der Waals surface area contributed by atoms with Crippen LogP contribution in [0.4, 0.5) is 13.2 Å². The van der Waals surface area contributed by atoms with Crippen molar-refractivity contribution in [1.82, 2.24) is 10.1 Å². The third-order valence-corrected chi connectivity index (χ3v) is 4.07. The van der Waals surface area contributed by atoms with Crippen LogP contribution in [0.1, 0.15) is 35.0 Å². The highest BCUT2D eigenvalue weighted by atomic mass is 35.5. The Labute approximate surface area is 135 Å². The van der Waals surface area contributed by atoms with Gasteiger partial charge in [-0.1, -0.05) is 5.16 Å². The highest BCUT2D eigenvalue weighted by Crippen LogP contribution is 2.41. The van der Waals surface area contributed by atoms with Crippen LogP contribution >= 0.6 is 12.4 Å². The lowest BCUT2D eigenvalue weighted by atomic mass is 9.96. The van der Waals surface area contributed by atoms with Crippen LogP contribution in [0.5, 0.6) is 0 Å². The Morgan fingerprint density at radius 3 is 2.43 bits per heavy atom. The zero-order valence-corrected chi connectivity index (χ0v) is 12.6. The van der Waals surface area contributed by atoms with Crippen molar-refractivity contribution in [2.45, 2.75) is 24.9 Å². The maximum atomic E-state index is 12.9. The fraction of sp³-hybridized carbons (Fsp3) is 0.615. The number of nitrogens with zero attached hydrogens (tertiary/aromatic N) is 2. The van der Waals surface area contributed by atoms with E-state index in [9.17, 15) is 22.8 Å². The number of carbonyl (C=O) groups is 2. The zero-order valence-electron chi connectivity index (χ0n) is 11.7. The molecule has 1 saturated heterocycles. The second-order valence-electron chi connectivity index (χ2n) is 5.69. The number of hydrogen-bond donors (Lipinski definition) is 1. The molecule has 1 N–H and O–H groups in total. The SMILES string of the molecule is Cl.O=C(O)[C@@H]1CN(C(=O)c2cc(C3CC3)on2)C[C@H]1C(F)(F)F. The summed E-state index contributed by atoms with van der Waals surface area (Å²) >= 11 is 0. The van der Waals surface area contributed by atoms with Crippen molar-refractivity contribution in [1.29, 1.82) is 0 Å². The molecule has 0 radical (unpaired) electrons. The second-order valence-corrected chi connectivity index (χ2v) is 5.69. The first kappa shape index (κ1) is 17.6. The number of rotatable bonds is 3. The average Bonchev–Trinajstić information content (AvgIpc) is 3.00. The average molecular weight is 355 g/mol. The summed E-state index contributed by atoms with van der Waals surface area (Å²) in [6, 6.07) is 1.43. The predicted molar refractivity (Wildman–Crippen MR) is 72.3 cm³/mol. The van der Waals surface area contributed by atoms with Crippen molar-refractivity contribution in [3.05, 3.63) is 17.5 Å². The minimum Gasteiger partial charge on any atom is -0.481 e. The maximum absolute atomic E-state index is 12.9. The van der Waals surface area contributed by atoms with Crippen molar-refractivity contribution in [3.8, 4) is 0 Å². The number of likely N-dealkylation sites (tertiary alicyclic amines) is 1. The highest BCUT2D eigenvalue weighted by Gasteiger charge is 2.53. The summed E-state index contributed by atoms with van der Waals surface area (Å²) in [5.41, 5.74) is -0.0751. The lowest BCUT2D eigenvalue weighted by Gasteiger charge is -2.17. The molecule has 1 saturated carbocycles. The van der Waals surface area contributed by atoms with E-state index in [1.165, 1.54) is 6.07 Å². The number of amides is 1. The van der Waals surface area contributed by atoms with E-state index in [0.29, 0.717) is 5.76 Å². The molecular formula is C13H14ClF3N2O4. The number of carboxylic acids is 1. The van der Waals surface area contributed by atoms with Gasteiger partial charge in [0.05, 0.1) is 11.8 Å². The Bertz CT molecular complexity index is 615. The summed E-state index contributed by atoms with van der Waals surface area (Å²) < 4.78 is 43.7. The fourth-order valence-corrected chi connectivity index (χ4v) is 2.66. The molecule has 10 heteroatoms. The summed E-state index contributed by atoms with van der Waals surface area (Å²) in [6.45, 7) is -1.16. The van der Waals surface area contributed by atoms with Gasteiger partial charge in [-0.2, -0.15) is 13.2 Å². The normalized spacial score (nSPS) is 24.4. The van der Waals surface area contributed by atoms with Crippen LogP contribution < -0.4 is 0 Å². The van der Waals surface area contributed by atoms with Crippen LogP contribution in [0, 0.1) is 11.8 Å². The first-order valence-electron chi connectivity index (χ1n) is 6.82. The molecule has 2 fully saturated rings. The Morgan fingerprint density at radius 1 is 1.30 bits per heavy atom. The van der Waals surface area contributed by atoms with Gasteiger partial charge in [0, 0.05) is 25.1 Å². The minimum absolute atomic E-state index is 0. The molecule has 2 heterocycles. The molecule has 23 heavy (non-hydrogen) atoms. The van der Waals surface area contributed by atoms with E-state index in [0.717, 1.165) is 17.7 Å². The quantitative estimate of drug-likeness (QED) is 0.900. The molecule has 1 aliphatic heterocycles. The Hall–Kier alpha value is -1.77. The molecule has 3 rings (SSSR count). The van der Waals surface area contributed by atoms with E-state index in [2.05, 4.69) is 5.16 Å². The Morgan fingerprint density at radius 2 is 1.96 bits per heavy atom. The van der Waals surface area contributed by atoms with Crippen LogP contribution in [-0.2, 0) is 4.79 Å². The summed E-state index contributed by atoms with van der Waals surface area (Å²) in [7, 11) is 0. The molecule has 1 aromatic rings. The van der Waals surface area contributed by atoms with Crippen molar-refractivity contribution < 1.29 is 32.4 Å². The van der Waals surface area contributed by atoms with E-state index in [-0.39, 0.29) is 24.0 Å². The standard InChI is InChI=1S/C13H13F3N2O4.ClH/c14-13(15,16)8-5-18(4-7(8)12(20)21)11(19)9-3-10(22-17-9)6-1-2-6;/h3,6-8H,1-2,4-5H2,(H,20,21);1H/t7-,8-;/m1./s1. The summed E-state index contributed by atoms with van der Waals surface area (Å²) in [5, 5.41) is 12.5. The highest BCUT2D eigenvalue weighted by molar-refractivity contribution is 5.93. The molecule has 1 aromatic heterocycles. The molecule has 0 spiro atoms. The smallest absolute Gasteiger partial charge is 0.394 e. The molecule has 1 amide bonds. The van der Waals surface area contributed by atoms with E-state index < -0.39 is 43.0 Å². The maximum Gasteiger partial charge on any atom is 0.394 e. The molecule has 6 nitrogen and oxygen atoms in total. The minimum atomic E-state index is -4.67. The van der Waals surface area contributed by atoms with Crippen molar-refractivity contribution in [2.75, 3.05) is 13.1 Å². The van der Waals surface area contributed by atoms with Gasteiger partial charge in [-0.15, -0.1) is 12.4 Å². The number of aliphatic carboxylic acids is 1. The first-order chi connectivity index (χ1) is 10.3. The van der Waals surface area contributed by atoms with E-state index >= 15 is 0 Å². The van der Waals surface area contributed by atoms with E-state index in [1.54, 1.807) is 0 Å². The van der Waals surface area contributed by atoms with Crippen LogP contribution in [-0.4, -0.2) is 46.3 Å². The van der Waals surface area contributed by atoms with Crippen molar-refractivity contribution in [3.63, 3.8) is 0 Å². The predicted octanol–water partition coefficient (Wildman–Crippen LogP) is 2.31. The molecule has 0 unspecified atom stereocenters. The first-order valence-corrected chi connectivity index (χ1v) is 6.82. The van der Waals surface area contributed by atoms with Gasteiger partial charge in [0.25, 0.3) is 5.91 Å². The van der Waals surface area contributed by atoms with Crippen molar-refractivity contribution >= 4 is 24.3 Å². The Balaban J connectivity index is 0.00000192. The van der Waals surface area contributed by atoms with Gasteiger partial charge in [0.1, 0.15) is 5.76 Å². The van der Waals surface area contributed by atoms with Gasteiger partial charge in [-0.3, -0.25) is 9.59 Å². The number of halogens is 4. The third-order valence-electron chi connectivity index (χ3n) is 4.07. The topological polar surface area (TPSA) is 83.6 Å². The lowest BCUT2D eigenvalue weighted by Crippen LogP contribution is -2.34. The largest absolute Gasteiger partial charge is 0.481 e. The van der Waals surface area contributed by atoms with Crippen molar-refractivity contribution in [2.24, 2.45) is 11.8 Å². The molecule has 2 atom stereocenters. The molecular weight excluding hydrogens is 341 g/mol. The van der Waals surface area contributed by atoms with Crippen LogP contribution in [0.25, 0.3) is 0 Å². The molecule has 0 aromatic carbocycles. The van der Waals surface area contributed by atoms with Crippen LogP contribution in [0.2, 0.25) is 0 Å². The number of hydrogen-bond acceptors (Lipinski definition) is 4. The monoisotopic (exact) mass is 354 g/mol. The van der Waals surface area contributed by atoms with E-state index in [1.807, 2.05) is 0 Å². The lowest BCUT2D eigenvalue weighted by molar-refractivity contribution is -0.187. The van der Waals surface area contributed by atoms with Gasteiger partial charge in [0.15, 0.2) is 5.69 Å². The van der Waals surface area contributed by atoms with Crippen LogP contribution in [0.15, 0.2) is 10.6 Å². The fourth-order valence-electron chi connectivity index (χ4n) is 2.66. The van der Waals surface area contributed by atoms with Gasteiger partial charge in [-0.25, -0.2) is 0 Å². The zero-order chi connectivity index (χ0) is 16.1. The summed E-state index contributed by atoms with van der Waals surface area (Å²) in [5.74, 6) is -5.24. The third kappa shape index (κ3) is 3.44. The molecule has 1 aliphatic carbocycles. The molecule has 0 bridgehead atoms. The number of aromatic nitrogens is 1. The molecule has 128 valence electrons. The number of alkyl halides is 3.